The molecule has 1 aromatic carbocycles. The van der Waals surface area contributed by atoms with E-state index in [2.05, 4.69) is 10.0 Å². The van der Waals surface area contributed by atoms with Crippen LogP contribution in [0.2, 0.25) is 0 Å². The van der Waals surface area contributed by atoms with Gasteiger partial charge in [-0.1, -0.05) is 0 Å². The normalized spacial score (nSPS) is 15.3. The van der Waals surface area contributed by atoms with Crippen molar-refractivity contribution < 1.29 is 13.2 Å². The first-order valence-electron chi connectivity index (χ1n) is 7.42. The fourth-order valence-corrected chi connectivity index (χ4v) is 3.62. The van der Waals surface area contributed by atoms with Crippen LogP contribution in [0.1, 0.15) is 36.0 Å². The lowest BCUT2D eigenvalue weighted by atomic mass is 9.93. The molecule has 7 heteroatoms. The van der Waals surface area contributed by atoms with Crippen molar-refractivity contribution in [3.05, 3.63) is 29.8 Å². The van der Waals surface area contributed by atoms with Gasteiger partial charge in [-0.2, -0.15) is 11.8 Å². The Labute approximate surface area is 136 Å². The van der Waals surface area contributed by atoms with Gasteiger partial charge in [0.2, 0.25) is 10.0 Å². The molecule has 2 N–H and O–H groups in total. The minimum absolute atomic E-state index is 0.137. The summed E-state index contributed by atoms with van der Waals surface area (Å²) in [7, 11) is -3.49. The van der Waals surface area contributed by atoms with Crippen LogP contribution in [0.3, 0.4) is 0 Å². The molecule has 0 heterocycles. The molecule has 1 amide bonds. The SMILES string of the molecule is CSCCCNS(=O)(=O)c1ccc(C(=O)NC2CCC2)cc1. The molecule has 122 valence electrons. The lowest BCUT2D eigenvalue weighted by molar-refractivity contribution is 0.0917. The second-order valence-electron chi connectivity index (χ2n) is 5.37. The van der Waals surface area contributed by atoms with E-state index in [1.54, 1.807) is 23.9 Å². The standard InChI is InChI=1S/C15H22N2O3S2/c1-21-11-3-10-16-22(19,20)14-8-6-12(7-9-14)15(18)17-13-4-2-5-13/h6-9,13,16H,2-5,10-11H2,1H3,(H,17,18). The van der Waals surface area contributed by atoms with Gasteiger partial charge in [0.05, 0.1) is 4.90 Å². The van der Waals surface area contributed by atoms with Crippen molar-refractivity contribution in [1.29, 1.82) is 0 Å². The number of carbonyl (C=O) groups is 1. The molecule has 0 aromatic heterocycles. The third kappa shape index (κ3) is 4.72. The van der Waals surface area contributed by atoms with Crippen molar-refractivity contribution in [2.24, 2.45) is 0 Å². The summed E-state index contributed by atoms with van der Waals surface area (Å²) in [6, 6.07) is 6.35. The summed E-state index contributed by atoms with van der Waals surface area (Å²) >= 11 is 1.69. The molecule has 1 saturated carbocycles. The summed E-state index contributed by atoms with van der Waals surface area (Å²) < 4.78 is 26.8. The van der Waals surface area contributed by atoms with Crippen LogP contribution >= 0.6 is 11.8 Å². The zero-order valence-corrected chi connectivity index (χ0v) is 14.3. The zero-order valence-electron chi connectivity index (χ0n) is 12.7. The minimum atomic E-state index is -3.49. The maximum absolute atomic E-state index is 12.1. The van der Waals surface area contributed by atoms with E-state index in [0.29, 0.717) is 12.1 Å². The molecular weight excluding hydrogens is 320 g/mol. The van der Waals surface area contributed by atoms with Crippen LogP contribution in [0.25, 0.3) is 0 Å². The Morgan fingerprint density at radius 2 is 1.95 bits per heavy atom. The van der Waals surface area contributed by atoms with Crippen LogP contribution in [0, 0.1) is 0 Å². The Morgan fingerprint density at radius 1 is 1.27 bits per heavy atom. The predicted octanol–water partition coefficient (Wildman–Crippen LogP) is 2.00. The largest absolute Gasteiger partial charge is 0.349 e. The van der Waals surface area contributed by atoms with Gasteiger partial charge < -0.3 is 5.32 Å². The van der Waals surface area contributed by atoms with Gasteiger partial charge in [0, 0.05) is 18.2 Å². The minimum Gasteiger partial charge on any atom is -0.349 e. The zero-order chi connectivity index (χ0) is 16.0. The summed E-state index contributed by atoms with van der Waals surface area (Å²) in [6.07, 6.45) is 5.99. The first kappa shape index (κ1) is 17.3. The van der Waals surface area contributed by atoms with Crippen LogP contribution < -0.4 is 10.0 Å². The van der Waals surface area contributed by atoms with Crippen LogP contribution in [-0.4, -0.2) is 38.9 Å². The molecule has 1 aliphatic rings. The van der Waals surface area contributed by atoms with E-state index < -0.39 is 10.0 Å². The lowest BCUT2D eigenvalue weighted by Crippen LogP contribution is -2.39. The summed E-state index contributed by atoms with van der Waals surface area (Å²) in [6.45, 7) is 0.424. The molecule has 5 nitrogen and oxygen atoms in total. The molecule has 0 saturated heterocycles. The van der Waals surface area contributed by atoms with Gasteiger partial charge in [0.15, 0.2) is 0 Å². The van der Waals surface area contributed by atoms with E-state index in [1.165, 1.54) is 12.1 Å². The van der Waals surface area contributed by atoms with Crippen molar-refractivity contribution in [1.82, 2.24) is 10.0 Å². The number of sulfonamides is 1. The Morgan fingerprint density at radius 3 is 2.50 bits per heavy atom. The van der Waals surface area contributed by atoms with Crippen molar-refractivity contribution in [3.63, 3.8) is 0 Å². The highest BCUT2D eigenvalue weighted by Crippen LogP contribution is 2.19. The summed E-state index contributed by atoms with van der Waals surface area (Å²) in [5, 5.41) is 2.93. The van der Waals surface area contributed by atoms with Crippen LogP contribution in [0.4, 0.5) is 0 Å². The Hall–Kier alpha value is -1.05. The predicted molar refractivity (Wildman–Crippen MR) is 89.7 cm³/mol. The molecular formula is C15H22N2O3S2. The van der Waals surface area contributed by atoms with Crippen molar-refractivity contribution in [2.75, 3.05) is 18.6 Å². The highest BCUT2D eigenvalue weighted by atomic mass is 32.2. The van der Waals surface area contributed by atoms with Gasteiger partial charge in [0.25, 0.3) is 5.91 Å². The molecule has 2 rings (SSSR count). The molecule has 0 atom stereocenters. The van der Waals surface area contributed by atoms with Crippen molar-refractivity contribution >= 4 is 27.7 Å². The third-order valence-electron chi connectivity index (χ3n) is 3.68. The van der Waals surface area contributed by atoms with E-state index in [4.69, 9.17) is 0 Å². The van der Waals surface area contributed by atoms with Gasteiger partial charge in [-0.05, 0) is 62.0 Å². The fraction of sp³-hybridized carbons (Fsp3) is 0.533. The molecule has 0 bridgehead atoms. The maximum Gasteiger partial charge on any atom is 0.251 e. The Balaban J connectivity index is 1.93. The van der Waals surface area contributed by atoms with Crippen LogP contribution in [0.15, 0.2) is 29.2 Å². The number of hydrogen-bond donors (Lipinski definition) is 2. The summed E-state index contributed by atoms with van der Waals surface area (Å²) in [5.41, 5.74) is 0.494. The van der Waals surface area contributed by atoms with Gasteiger partial charge in [-0.3, -0.25) is 4.79 Å². The molecule has 0 spiro atoms. The molecule has 1 aromatic rings. The number of carbonyl (C=O) groups excluding carboxylic acids is 1. The van der Waals surface area contributed by atoms with Gasteiger partial charge in [-0.15, -0.1) is 0 Å². The van der Waals surface area contributed by atoms with E-state index in [-0.39, 0.29) is 16.8 Å². The van der Waals surface area contributed by atoms with Crippen LogP contribution in [0.5, 0.6) is 0 Å². The van der Waals surface area contributed by atoms with Crippen molar-refractivity contribution in [2.45, 2.75) is 36.6 Å². The second-order valence-corrected chi connectivity index (χ2v) is 8.12. The van der Waals surface area contributed by atoms with Crippen LogP contribution in [-0.2, 0) is 10.0 Å². The topological polar surface area (TPSA) is 75.3 Å². The van der Waals surface area contributed by atoms with E-state index in [9.17, 15) is 13.2 Å². The number of thioether (sulfide) groups is 1. The quantitative estimate of drug-likeness (QED) is 0.709. The molecule has 22 heavy (non-hydrogen) atoms. The Kier molecular flexibility index (Phi) is 6.28. The second kappa shape index (κ2) is 7.99. The molecule has 1 fully saturated rings. The summed E-state index contributed by atoms with van der Waals surface area (Å²) in [5.74, 6) is 0.782. The number of benzene rings is 1. The number of nitrogens with one attached hydrogen (secondary N) is 2. The van der Waals surface area contributed by atoms with Gasteiger partial charge in [-0.25, -0.2) is 13.1 Å². The smallest absolute Gasteiger partial charge is 0.251 e. The molecule has 0 unspecified atom stereocenters. The van der Waals surface area contributed by atoms with E-state index >= 15 is 0 Å². The number of rotatable bonds is 8. The van der Waals surface area contributed by atoms with E-state index in [1.807, 2.05) is 6.26 Å². The first-order chi connectivity index (χ1) is 10.5. The van der Waals surface area contributed by atoms with E-state index in [0.717, 1.165) is 31.4 Å². The number of amides is 1. The monoisotopic (exact) mass is 342 g/mol. The summed E-state index contributed by atoms with van der Waals surface area (Å²) in [4.78, 5) is 12.2. The van der Waals surface area contributed by atoms with Gasteiger partial charge in [0.1, 0.15) is 0 Å². The highest BCUT2D eigenvalue weighted by Gasteiger charge is 2.20. The molecule has 0 radical (unpaired) electrons. The lowest BCUT2D eigenvalue weighted by Gasteiger charge is -2.26. The van der Waals surface area contributed by atoms with Crippen molar-refractivity contribution in [3.8, 4) is 0 Å². The van der Waals surface area contributed by atoms with Gasteiger partial charge >= 0.3 is 0 Å². The maximum atomic E-state index is 12.1. The Bertz CT molecular complexity index is 596. The average molecular weight is 342 g/mol. The number of hydrogen-bond acceptors (Lipinski definition) is 4. The first-order valence-corrected chi connectivity index (χ1v) is 10.3. The molecule has 1 aliphatic carbocycles. The average Bonchev–Trinajstić information content (AvgIpc) is 2.47. The fourth-order valence-electron chi connectivity index (χ4n) is 2.11. The third-order valence-corrected chi connectivity index (χ3v) is 5.86. The molecule has 0 aliphatic heterocycles. The highest BCUT2D eigenvalue weighted by molar-refractivity contribution is 7.98.